The predicted octanol–water partition coefficient (Wildman–Crippen LogP) is 1.88. The van der Waals surface area contributed by atoms with Crippen molar-refractivity contribution in [3.8, 4) is 0 Å². The van der Waals surface area contributed by atoms with E-state index in [-0.39, 0.29) is 11.6 Å². The summed E-state index contributed by atoms with van der Waals surface area (Å²) < 4.78 is 13.3. The van der Waals surface area contributed by atoms with E-state index in [0.29, 0.717) is 6.61 Å². The highest BCUT2D eigenvalue weighted by atomic mass is 16.7. The van der Waals surface area contributed by atoms with Gasteiger partial charge in [-0.25, -0.2) is 0 Å². The van der Waals surface area contributed by atoms with Gasteiger partial charge in [0.1, 0.15) is 0 Å². The van der Waals surface area contributed by atoms with Crippen molar-refractivity contribution in [1.29, 1.82) is 0 Å². The summed E-state index contributed by atoms with van der Waals surface area (Å²) in [7, 11) is 0. The van der Waals surface area contributed by atoms with Crippen molar-refractivity contribution in [3.05, 3.63) is 18.0 Å². The quantitative estimate of drug-likeness (QED) is 0.905. The average molecular weight is 267 g/mol. The molecule has 1 atom stereocenters. The second-order valence-electron chi connectivity index (χ2n) is 6.55. The number of nitrogens with one attached hydrogen (secondary N) is 1. The first-order valence-corrected chi connectivity index (χ1v) is 6.83. The van der Waals surface area contributed by atoms with Gasteiger partial charge in [0, 0.05) is 24.8 Å². The van der Waals surface area contributed by atoms with E-state index in [1.54, 1.807) is 0 Å². The van der Waals surface area contributed by atoms with Crippen molar-refractivity contribution in [2.45, 2.75) is 58.6 Å². The fourth-order valence-electron chi connectivity index (χ4n) is 2.06. The number of rotatable bonds is 4. The zero-order chi connectivity index (χ0) is 14.1. The molecule has 1 aliphatic rings. The van der Waals surface area contributed by atoms with Gasteiger partial charge in [-0.3, -0.25) is 4.68 Å². The summed E-state index contributed by atoms with van der Waals surface area (Å²) in [6, 6.07) is 0. The molecule has 19 heavy (non-hydrogen) atoms. The first-order valence-electron chi connectivity index (χ1n) is 6.83. The second-order valence-corrected chi connectivity index (χ2v) is 6.55. The van der Waals surface area contributed by atoms with Crippen LogP contribution in [0.15, 0.2) is 12.4 Å². The standard InChI is InChI=1S/C14H25N3O2/c1-13(2,3)17-9-11(7-16-17)6-15-8-12-10-18-14(4,5)19-12/h7,9,12,15H,6,8,10H2,1-5H3. The van der Waals surface area contributed by atoms with Crippen LogP contribution >= 0.6 is 0 Å². The van der Waals surface area contributed by atoms with Crippen LogP contribution in [0.2, 0.25) is 0 Å². The van der Waals surface area contributed by atoms with Crippen LogP contribution in [0.3, 0.4) is 0 Å². The van der Waals surface area contributed by atoms with Gasteiger partial charge in [-0.1, -0.05) is 0 Å². The SMILES string of the molecule is CC1(C)OCC(CNCc2cnn(C(C)(C)C)c2)O1. The Kier molecular flexibility index (Phi) is 3.99. The molecule has 1 unspecified atom stereocenters. The van der Waals surface area contributed by atoms with Crippen LogP contribution < -0.4 is 5.32 Å². The molecule has 1 aromatic heterocycles. The van der Waals surface area contributed by atoms with Crippen molar-refractivity contribution in [2.75, 3.05) is 13.2 Å². The van der Waals surface area contributed by atoms with E-state index in [2.05, 4.69) is 37.4 Å². The minimum atomic E-state index is -0.441. The predicted molar refractivity (Wildman–Crippen MR) is 73.8 cm³/mol. The number of nitrogens with zero attached hydrogens (tertiary/aromatic N) is 2. The van der Waals surface area contributed by atoms with Gasteiger partial charge in [-0.15, -0.1) is 0 Å². The lowest BCUT2D eigenvalue weighted by atomic mass is 10.1. The Hall–Kier alpha value is -0.910. The monoisotopic (exact) mass is 267 g/mol. The van der Waals surface area contributed by atoms with Gasteiger partial charge < -0.3 is 14.8 Å². The zero-order valence-corrected chi connectivity index (χ0v) is 12.6. The first kappa shape index (κ1) is 14.5. The van der Waals surface area contributed by atoms with Crippen LogP contribution in [0, 0.1) is 0 Å². The number of aromatic nitrogens is 2. The molecule has 108 valence electrons. The van der Waals surface area contributed by atoms with Crippen molar-refractivity contribution >= 4 is 0 Å². The number of ether oxygens (including phenoxy) is 2. The van der Waals surface area contributed by atoms with Gasteiger partial charge in [0.2, 0.25) is 0 Å². The van der Waals surface area contributed by atoms with Crippen molar-refractivity contribution in [2.24, 2.45) is 0 Å². The normalized spacial score (nSPS) is 22.9. The Morgan fingerprint density at radius 1 is 1.47 bits per heavy atom. The van der Waals surface area contributed by atoms with Crippen LogP contribution in [0.1, 0.15) is 40.2 Å². The molecule has 1 aromatic rings. The van der Waals surface area contributed by atoms with E-state index in [0.717, 1.165) is 13.1 Å². The van der Waals surface area contributed by atoms with Crippen LogP contribution in [0.4, 0.5) is 0 Å². The molecule has 1 N–H and O–H groups in total. The summed E-state index contributed by atoms with van der Waals surface area (Å²) >= 11 is 0. The van der Waals surface area contributed by atoms with Gasteiger partial charge in [0.05, 0.1) is 24.4 Å². The topological polar surface area (TPSA) is 48.3 Å². The third-order valence-electron chi connectivity index (χ3n) is 3.09. The summed E-state index contributed by atoms with van der Waals surface area (Å²) in [4.78, 5) is 0. The van der Waals surface area contributed by atoms with Crippen molar-refractivity contribution in [1.82, 2.24) is 15.1 Å². The largest absolute Gasteiger partial charge is 0.348 e. The van der Waals surface area contributed by atoms with E-state index >= 15 is 0 Å². The lowest BCUT2D eigenvalue weighted by Crippen LogP contribution is -2.30. The molecule has 0 radical (unpaired) electrons. The molecule has 0 spiro atoms. The van der Waals surface area contributed by atoms with Crippen molar-refractivity contribution in [3.63, 3.8) is 0 Å². The Morgan fingerprint density at radius 2 is 2.21 bits per heavy atom. The smallest absolute Gasteiger partial charge is 0.163 e. The lowest BCUT2D eigenvalue weighted by Gasteiger charge is -2.18. The molecule has 0 saturated carbocycles. The third-order valence-corrected chi connectivity index (χ3v) is 3.09. The highest BCUT2D eigenvalue weighted by Gasteiger charge is 2.32. The van der Waals surface area contributed by atoms with Gasteiger partial charge in [-0.05, 0) is 34.6 Å². The van der Waals surface area contributed by atoms with Crippen LogP contribution in [-0.2, 0) is 21.6 Å². The maximum atomic E-state index is 5.74. The Morgan fingerprint density at radius 3 is 2.74 bits per heavy atom. The maximum Gasteiger partial charge on any atom is 0.163 e. The molecule has 1 aliphatic heterocycles. The summed E-state index contributed by atoms with van der Waals surface area (Å²) in [6.07, 6.45) is 4.13. The minimum absolute atomic E-state index is 0.0324. The molecule has 2 heterocycles. The fraction of sp³-hybridized carbons (Fsp3) is 0.786. The zero-order valence-electron chi connectivity index (χ0n) is 12.6. The Balaban J connectivity index is 1.76. The van der Waals surface area contributed by atoms with E-state index in [9.17, 15) is 0 Å². The van der Waals surface area contributed by atoms with Gasteiger partial charge in [0.15, 0.2) is 5.79 Å². The van der Waals surface area contributed by atoms with E-state index in [1.165, 1.54) is 5.56 Å². The van der Waals surface area contributed by atoms with Crippen LogP contribution in [0.25, 0.3) is 0 Å². The third kappa shape index (κ3) is 4.03. The first-order chi connectivity index (χ1) is 8.76. The molecule has 5 heteroatoms. The Bertz CT molecular complexity index is 421. The van der Waals surface area contributed by atoms with Crippen molar-refractivity contribution < 1.29 is 9.47 Å². The van der Waals surface area contributed by atoms with Gasteiger partial charge in [-0.2, -0.15) is 5.10 Å². The van der Waals surface area contributed by atoms with E-state index in [4.69, 9.17) is 9.47 Å². The minimum Gasteiger partial charge on any atom is -0.348 e. The molecule has 2 rings (SSSR count). The highest BCUT2D eigenvalue weighted by molar-refractivity contribution is 5.04. The molecule has 0 amide bonds. The molecule has 0 aromatic carbocycles. The number of hydrogen-bond acceptors (Lipinski definition) is 4. The molecule has 0 bridgehead atoms. The van der Waals surface area contributed by atoms with Crippen LogP contribution in [-0.4, -0.2) is 34.8 Å². The lowest BCUT2D eigenvalue weighted by molar-refractivity contribution is -0.137. The highest BCUT2D eigenvalue weighted by Crippen LogP contribution is 2.21. The molecule has 0 aliphatic carbocycles. The van der Waals surface area contributed by atoms with Gasteiger partial charge >= 0.3 is 0 Å². The van der Waals surface area contributed by atoms with E-state index < -0.39 is 5.79 Å². The summed E-state index contributed by atoms with van der Waals surface area (Å²) in [5, 5.41) is 7.77. The summed E-state index contributed by atoms with van der Waals surface area (Å²) in [5.41, 5.74) is 1.22. The Labute approximate surface area is 115 Å². The maximum absolute atomic E-state index is 5.74. The summed E-state index contributed by atoms with van der Waals surface area (Å²) in [5.74, 6) is -0.441. The molecule has 5 nitrogen and oxygen atoms in total. The molecular formula is C14H25N3O2. The van der Waals surface area contributed by atoms with E-state index in [1.807, 2.05) is 24.7 Å². The molecular weight excluding hydrogens is 242 g/mol. The summed E-state index contributed by atoms with van der Waals surface area (Å²) in [6.45, 7) is 12.6. The fourth-order valence-corrected chi connectivity index (χ4v) is 2.06. The second kappa shape index (κ2) is 5.23. The average Bonchev–Trinajstić information content (AvgIpc) is 2.85. The molecule has 1 saturated heterocycles. The molecule has 1 fully saturated rings. The number of hydrogen-bond donors (Lipinski definition) is 1. The van der Waals surface area contributed by atoms with Gasteiger partial charge in [0.25, 0.3) is 0 Å². The van der Waals surface area contributed by atoms with Crippen LogP contribution in [0.5, 0.6) is 0 Å².